The standard InChI is InChI=1S/C27H25N5O4/c1-15-30-20(29)13-21(31-15)35-12-11-27-10-9-26(2,36-27)22-23(27)25(34)32(24(22)33)19-8-7-16(14-28)17-5-3-4-6-18(17)19/h3-8,13,22-23H,9-12H2,1-2H3,(H2,29,30,31)/t22-,23+,26-,27-/m1/s1. The molecular formula is C27H25N5O4. The predicted octanol–water partition coefficient (Wildman–Crippen LogP) is 3.29. The number of aromatic nitrogens is 2. The van der Waals surface area contributed by atoms with E-state index in [0.717, 1.165) is 0 Å². The van der Waals surface area contributed by atoms with Crippen molar-refractivity contribution in [1.29, 1.82) is 5.26 Å². The van der Waals surface area contributed by atoms with E-state index in [9.17, 15) is 14.9 Å². The number of nitrogens with two attached hydrogens (primary N) is 1. The Balaban J connectivity index is 1.33. The lowest BCUT2D eigenvalue weighted by atomic mass is 9.67. The van der Waals surface area contributed by atoms with Gasteiger partial charge in [0.2, 0.25) is 17.7 Å². The third-order valence-electron chi connectivity index (χ3n) is 7.88. The number of nitrogen functional groups attached to an aromatic ring is 1. The molecule has 9 heteroatoms. The number of carbonyl (C=O) groups excluding carboxylic acids is 2. The van der Waals surface area contributed by atoms with Crippen molar-refractivity contribution in [2.45, 2.75) is 44.3 Å². The Morgan fingerprint density at radius 2 is 1.89 bits per heavy atom. The number of rotatable bonds is 5. The summed E-state index contributed by atoms with van der Waals surface area (Å²) in [6.07, 6.45) is 1.79. The van der Waals surface area contributed by atoms with Crippen molar-refractivity contribution < 1.29 is 19.1 Å². The van der Waals surface area contributed by atoms with Gasteiger partial charge in [-0.05, 0) is 38.8 Å². The molecule has 3 saturated heterocycles. The van der Waals surface area contributed by atoms with Crippen LogP contribution in [0.15, 0.2) is 42.5 Å². The number of benzene rings is 2. The molecule has 2 aromatic carbocycles. The molecular weight excluding hydrogens is 458 g/mol. The van der Waals surface area contributed by atoms with Gasteiger partial charge in [0.25, 0.3) is 0 Å². The van der Waals surface area contributed by atoms with Crippen LogP contribution in [-0.4, -0.2) is 39.6 Å². The summed E-state index contributed by atoms with van der Waals surface area (Å²) < 4.78 is 12.4. The second kappa shape index (κ2) is 7.73. The Kier molecular flexibility index (Phi) is 4.82. The monoisotopic (exact) mass is 483 g/mol. The van der Waals surface area contributed by atoms with Gasteiger partial charge in [-0.25, -0.2) is 9.88 Å². The Bertz CT molecular complexity index is 1460. The first kappa shape index (κ1) is 22.4. The summed E-state index contributed by atoms with van der Waals surface area (Å²) in [7, 11) is 0. The van der Waals surface area contributed by atoms with Crippen LogP contribution in [0.4, 0.5) is 11.5 Å². The number of imide groups is 1. The molecule has 3 aliphatic heterocycles. The number of nitriles is 1. The summed E-state index contributed by atoms with van der Waals surface area (Å²) in [5.74, 6) is -0.469. The van der Waals surface area contributed by atoms with E-state index in [1.807, 2.05) is 31.2 Å². The van der Waals surface area contributed by atoms with Gasteiger partial charge in [0.1, 0.15) is 11.6 Å². The maximum atomic E-state index is 13.9. The molecule has 6 rings (SSSR count). The summed E-state index contributed by atoms with van der Waals surface area (Å²) >= 11 is 0. The van der Waals surface area contributed by atoms with E-state index in [1.165, 1.54) is 4.90 Å². The summed E-state index contributed by atoms with van der Waals surface area (Å²) in [4.78, 5) is 37.4. The Morgan fingerprint density at radius 1 is 1.14 bits per heavy atom. The van der Waals surface area contributed by atoms with Crippen molar-refractivity contribution in [3.05, 3.63) is 53.9 Å². The van der Waals surface area contributed by atoms with E-state index in [2.05, 4.69) is 16.0 Å². The van der Waals surface area contributed by atoms with Gasteiger partial charge in [-0.2, -0.15) is 10.2 Å². The van der Waals surface area contributed by atoms with Crippen LogP contribution in [0.3, 0.4) is 0 Å². The number of carbonyl (C=O) groups is 2. The van der Waals surface area contributed by atoms with Gasteiger partial charge in [-0.15, -0.1) is 0 Å². The molecule has 0 saturated carbocycles. The maximum Gasteiger partial charge on any atom is 0.240 e. The Hall–Kier alpha value is -4.03. The number of hydrogen-bond acceptors (Lipinski definition) is 8. The fourth-order valence-electron chi connectivity index (χ4n) is 6.39. The van der Waals surface area contributed by atoms with Crippen molar-refractivity contribution in [1.82, 2.24) is 9.97 Å². The molecule has 4 atom stereocenters. The van der Waals surface area contributed by atoms with E-state index in [1.54, 1.807) is 25.1 Å². The average Bonchev–Trinajstić information content (AvgIpc) is 3.42. The van der Waals surface area contributed by atoms with Gasteiger partial charge in [-0.3, -0.25) is 9.59 Å². The molecule has 0 aliphatic carbocycles. The van der Waals surface area contributed by atoms with E-state index < -0.39 is 23.0 Å². The number of hydrogen-bond donors (Lipinski definition) is 1. The van der Waals surface area contributed by atoms with Crippen molar-refractivity contribution in [2.75, 3.05) is 17.2 Å². The topological polar surface area (TPSA) is 131 Å². The Labute approximate surface area is 207 Å². The highest BCUT2D eigenvalue weighted by molar-refractivity contribution is 6.26. The first-order valence-corrected chi connectivity index (χ1v) is 12.0. The van der Waals surface area contributed by atoms with Crippen molar-refractivity contribution in [3.8, 4) is 11.9 Å². The summed E-state index contributed by atoms with van der Waals surface area (Å²) in [6, 6.07) is 14.5. The van der Waals surface area contributed by atoms with Crippen LogP contribution in [0.5, 0.6) is 5.88 Å². The largest absolute Gasteiger partial charge is 0.477 e. The summed E-state index contributed by atoms with van der Waals surface area (Å²) in [5.41, 5.74) is 5.30. The molecule has 3 aliphatic rings. The Morgan fingerprint density at radius 3 is 2.64 bits per heavy atom. The molecule has 182 valence electrons. The first-order valence-electron chi connectivity index (χ1n) is 12.0. The molecule has 3 aromatic rings. The minimum Gasteiger partial charge on any atom is -0.477 e. The molecule has 2 N–H and O–H groups in total. The van der Waals surface area contributed by atoms with E-state index in [-0.39, 0.29) is 18.4 Å². The lowest BCUT2D eigenvalue weighted by Gasteiger charge is -2.31. The number of anilines is 2. The highest BCUT2D eigenvalue weighted by atomic mass is 16.5. The zero-order valence-corrected chi connectivity index (χ0v) is 20.0. The molecule has 0 unspecified atom stereocenters. The maximum absolute atomic E-state index is 13.9. The predicted molar refractivity (Wildman–Crippen MR) is 131 cm³/mol. The van der Waals surface area contributed by atoms with Crippen molar-refractivity contribution in [2.24, 2.45) is 11.8 Å². The van der Waals surface area contributed by atoms with Crippen LogP contribution in [0.25, 0.3) is 10.8 Å². The molecule has 36 heavy (non-hydrogen) atoms. The molecule has 3 fully saturated rings. The second-order valence-electron chi connectivity index (χ2n) is 10.0. The van der Waals surface area contributed by atoms with Gasteiger partial charge < -0.3 is 15.2 Å². The van der Waals surface area contributed by atoms with Gasteiger partial charge >= 0.3 is 0 Å². The van der Waals surface area contributed by atoms with E-state index in [4.69, 9.17) is 15.2 Å². The molecule has 1 aromatic heterocycles. The number of nitrogens with zero attached hydrogens (tertiary/aromatic N) is 4. The van der Waals surface area contributed by atoms with Crippen LogP contribution < -0.4 is 15.4 Å². The smallest absolute Gasteiger partial charge is 0.240 e. The lowest BCUT2D eigenvalue weighted by Crippen LogP contribution is -2.43. The average molecular weight is 484 g/mol. The van der Waals surface area contributed by atoms with Gasteiger partial charge in [0, 0.05) is 23.3 Å². The summed E-state index contributed by atoms with van der Waals surface area (Å²) in [6.45, 7) is 3.93. The van der Waals surface area contributed by atoms with Gasteiger partial charge in [0.05, 0.1) is 47.0 Å². The third-order valence-corrected chi connectivity index (χ3v) is 7.88. The molecule has 9 nitrogen and oxygen atoms in total. The molecule has 4 heterocycles. The zero-order valence-electron chi connectivity index (χ0n) is 20.0. The van der Waals surface area contributed by atoms with Crippen LogP contribution in [0.1, 0.15) is 37.6 Å². The lowest BCUT2D eigenvalue weighted by molar-refractivity contribution is -0.131. The molecule has 2 bridgehead atoms. The SMILES string of the molecule is Cc1nc(N)cc(OCC[C@@]23CC[C@@](C)(O2)[C@H]2C(=O)N(c4ccc(C#N)c5ccccc45)C(=O)[C@H]23)n1. The zero-order chi connectivity index (χ0) is 25.2. The number of aryl methyl sites for hydroxylation is 1. The van der Waals surface area contributed by atoms with E-state index in [0.29, 0.717) is 58.8 Å². The minimum atomic E-state index is -0.795. The second-order valence-corrected chi connectivity index (χ2v) is 10.0. The highest BCUT2D eigenvalue weighted by Crippen LogP contribution is 2.62. The fourth-order valence-corrected chi connectivity index (χ4v) is 6.39. The fraction of sp³-hybridized carbons (Fsp3) is 0.370. The number of fused-ring (bicyclic) bond motifs is 6. The van der Waals surface area contributed by atoms with Crippen molar-refractivity contribution >= 4 is 34.1 Å². The van der Waals surface area contributed by atoms with E-state index >= 15 is 0 Å². The van der Waals surface area contributed by atoms with Crippen LogP contribution in [0, 0.1) is 30.1 Å². The molecule has 0 spiro atoms. The quantitative estimate of drug-likeness (QED) is 0.547. The first-order chi connectivity index (χ1) is 17.3. The van der Waals surface area contributed by atoms with Gasteiger partial charge in [-0.1, -0.05) is 24.3 Å². The van der Waals surface area contributed by atoms with Crippen LogP contribution in [-0.2, 0) is 14.3 Å². The minimum absolute atomic E-state index is 0.246. The molecule has 0 radical (unpaired) electrons. The summed E-state index contributed by atoms with van der Waals surface area (Å²) in [5, 5.41) is 10.9. The highest BCUT2D eigenvalue weighted by Gasteiger charge is 2.73. The normalized spacial score (nSPS) is 28.5. The molecule has 2 amide bonds. The third kappa shape index (κ3) is 3.11. The van der Waals surface area contributed by atoms with Gasteiger partial charge in [0.15, 0.2) is 0 Å². The number of amides is 2. The van der Waals surface area contributed by atoms with Crippen LogP contribution >= 0.6 is 0 Å². The van der Waals surface area contributed by atoms with Crippen LogP contribution in [0.2, 0.25) is 0 Å². The van der Waals surface area contributed by atoms with Crippen molar-refractivity contribution in [3.63, 3.8) is 0 Å². The number of ether oxygens (including phenoxy) is 2.